The fourth-order valence-corrected chi connectivity index (χ4v) is 3.26. The minimum absolute atomic E-state index is 0.0112. The van der Waals surface area contributed by atoms with Gasteiger partial charge >= 0.3 is 12.5 Å². The first-order chi connectivity index (χ1) is 15.8. The Labute approximate surface area is 189 Å². The predicted molar refractivity (Wildman–Crippen MR) is 108 cm³/mol. The molecular weight excluding hydrogens is 492 g/mol. The highest BCUT2D eigenvalue weighted by atomic mass is 32.2. The van der Waals surface area contributed by atoms with E-state index in [1.807, 2.05) is 0 Å². The fourth-order valence-electron chi connectivity index (χ4n) is 2.80. The molecule has 0 saturated carbocycles. The third-order valence-corrected chi connectivity index (χ3v) is 4.98. The van der Waals surface area contributed by atoms with Crippen LogP contribution in [0.3, 0.4) is 0 Å². The van der Waals surface area contributed by atoms with E-state index >= 15 is 0 Å². The number of hydrogen-bond donors (Lipinski definition) is 1. The standard InChI is InChI=1S/C21H13F6NO5S/c22-20(23,24)12-4-9-17(19(29)28-13-2-1-3-16(11-13)34(30)31)18(10-12)32-14-5-7-15(8-6-14)33-21(25,26)27/h1-10H,11H2,(H,28,29). The van der Waals surface area contributed by atoms with E-state index in [0.717, 1.165) is 30.3 Å². The predicted octanol–water partition coefficient (Wildman–Crippen LogP) is 5.02. The van der Waals surface area contributed by atoms with Crippen molar-refractivity contribution in [3.05, 3.63) is 77.5 Å². The van der Waals surface area contributed by atoms with Crippen LogP contribution in [-0.2, 0) is 16.5 Å². The molecule has 0 aliphatic heterocycles. The summed E-state index contributed by atoms with van der Waals surface area (Å²) in [5.41, 5.74) is -1.29. The molecule has 1 aliphatic carbocycles. The molecule has 0 unspecified atom stereocenters. The molecule has 2 aromatic carbocycles. The molecule has 0 saturated heterocycles. The summed E-state index contributed by atoms with van der Waals surface area (Å²) in [5.74, 6) is -2.17. The van der Waals surface area contributed by atoms with Crippen molar-refractivity contribution in [3.63, 3.8) is 0 Å². The summed E-state index contributed by atoms with van der Waals surface area (Å²) in [6.45, 7) is 0. The molecule has 34 heavy (non-hydrogen) atoms. The van der Waals surface area contributed by atoms with Gasteiger partial charge in [0, 0.05) is 12.1 Å². The molecule has 0 aromatic heterocycles. The zero-order chi connectivity index (χ0) is 25.1. The van der Waals surface area contributed by atoms with Gasteiger partial charge < -0.3 is 14.8 Å². The Balaban J connectivity index is 1.89. The number of rotatable bonds is 5. The number of hydrogen-bond acceptors (Lipinski definition) is 5. The number of nitrogens with one attached hydrogen (secondary N) is 1. The maximum absolute atomic E-state index is 13.2. The summed E-state index contributed by atoms with van der Waals surface area (Å²) >= 11 is 0. The summed E-state index contributed by atoms with van der Waals surface area (Å²) in [6, 6.07) is 5.89. The van der Waals surface area contributed by atoms with Gasteiger partial charge in [0.25, 0.3) is 5.91 Å². The van der Waals surface area contributed by atoms with E-state index in [0.29, 0.717) is 12.1 Å². The van der Waals surface area contributed by atoms with Crippen LogP contribution in [-0.4, -0.2) is 25.6 Å². The van der Waals surface area contributed by atoms with Crippen molar-refractivity contribution in [2.45, 2.75) is 19.0 Å². The second-order valence-electron chi connectivity index (χ2n) is 6.71. The van der Waals surface area contributed by atoms with Gasteiger partial charge in [0.1, 0.15) is 17.2 Å². The molecule has 0 heterocycles. The van der Waals surface area contributed by atoms with Crippen LogP contribution < -0.4 is 14.8 Å². The molecular formula is C21H13F6NO5S. The Morgan fingerprint density at radius 3 is 2.18 bits per heavy atom. The van der Waals surface area contributed by atoms with Gasteiger partial charge in [-0.3, -0.25) is 4.79 Å². The molecule has 0 bridgehead atoms. The lowest BCUT2D eigenvalue weighted by atomic mass is 10.1. The molecule has 0 fully saturated rings. The molecule has 13 heteroatoms. The van der Waals surface area contributed by atoms with E-state index in [1.54, 1.807) is 0 Å². The first-order valence-corrected chi connectivity index (χ1v) is 10.3. The second-order valence-corrected chi connectivity index (χ2v) is 7.71. The van der Waals surface area contributed by atoms with E-state index in [1.165, 1.54) is 18.2 Å². The van der Waals surface area contributed by atoms with Gasteiger partial charge in [0.2, 0.25) is 10.3 Å². The van der Waals surface area contributed by atoms with Crippen molar-refractivity contribution < 1.29 is 49.0 Å². The second kappa shape index (κ2) is 9.63. The number of carbonyl (C=O) groups is 1. The Morgan fingerprint density at radius 2 is 1.59 bits per heavy atom. The summed E-state index contributed by atoms with van der Waals surface area (Å²) < 4.78 is 108. The van der Waals surface area contributed by atoms with Gasteiger partial charge in [-0.15, -0.1) is 13.2 Å². The van der Waals surface area contributed by atoms with Crippen molar-refractivity contribution in [1.29, 1.82) is 0 Å². The molecule has 1 N–H and O–H groups in total. The maximum atomic E-state index is 13.2. The smallest absolute Gasteiger partial charge is 0.457 e. The van der Waals surface area contributed by atoms with E-state index in [4.69, 9.17) is 4.74 Å². The Morgan fingerprint density at radius 1 is 0.941 bits per heavy atom. The van der Waals surface area contributed by atoms with Gasteiger partial charge in [-0.2, -0.15) is 21.6 Å². The molecule has 1 amide bonds. The molecule has 2 aromatic rings. The average molecular weight is 505 g/mol. The number of amides is 1. The normalized spacial score (nSPS) is 13.8. The summed E-state index contributed by atoms with van der Waals surface area (Å²) in [6.07, 6.45) is -5.74. The van der Waals surface area contributed by atoms with Crippen molar-refractivity contribution in [2.24, 2.45) is 0 Å². The quantitative estimate of drug-likeness (QED) is 0.456. The SMILES string of the molecule is O=C(NC1=CC=CC(=S(=O)=O)C1)c1ccc(C(F)(F)F)cc1Oc1ccc(OC(F)(F)F)cc1. The highest BCUT2D eigenvalue weighted by Crippen LogP contribution is 2.35. The molecule has 0 atom stereocenters. The minimum atomic E-state index is -4.94. The van der Waals surface area contributed by atoms with Gasteiger partial charge in [-0.25, -0.2) is 0 Å². The van der Waals surface area contributed by atoms with Crippen LogP contribution in [0.15, 0.2) is 66.4 Å². The van der Waals surface area contributed by atoms with Crippen LogP contribution in [0.25, 0.3) is 0 Å². The molecule has 180 valence electrons. The van der Waals surface area contributed by atoms with Crippen molar-refractivity contribution >= 4 is 21.1 Å². The van der Waals surface area contributed by atoms with Gasteiger partial charge in [0.05, 0.1) is 16.0 Å². The Kier molecular flexibility index (Phi) is 7.05. The lowest BCUT2D eigenvalue weighted by Crippen LogP contribution is -2.25. The Hall–Kier alpha value is -3.74. The third-order valence-electron chi connectivity index (χ3n) is 4.27. The lowest BCUT2D eigenvalue weighted by Gasteiger charge is -2.16. The number of alkyl halides is 6. The number of carbonyl (C=O) groups excluding carboxylic acids is 1. The van der Waals surface area contributed by atoms with Crippen LogP contribution in [0.4, 0.5) is 26.3 Å². The van der Waals surface area contributed by atoms with Crippen LogP contribution in [0.5, 0.6) is 17.2 Å². The van der Waals surface area contributed by atoms with Crippen LogP contribution in [0.2, 0.25) is 0 Å². The number of ether oxygens (including phenoxy) is 2. The van der Waals surface area contributed by atoms with Gasteiger partial charge in [-0.1, -0.05) is 6.08 Å². The summed E-state index contributed by atoms with van der Waals surface area (Å²) in [5, 5.41) is 2.41. The zero-order valence-electron chi connectivity index (χ0n) is 16.7. The molecule has 0 radical (unpaired) electrons. The minimum Gasteiger partial charge on any atom is -0.457 e. The van der Waals surface area contributed by atoms with Crippen molar-refractivity contribution in [2.75, 3.05) is 0 Å². The largest absolute Gasteiger partial charge is 0.573 e. The van der Waals surface area contributed by atoms with E-state index in [-0.39, 0.29) is 28.3 Å². The van der Waals surface area contributed by atoms with E-state index in [2.05, 4.69) is 10.1 Å². The van der Waals surface area contributed by atoms with Crippen LogP contribution in [0.1, 0.15) is 22.3 Å². The van der Waals surface area contributed by atoms with Gasteiger partial charge in [-0.05, 0) is 54.6 Å². The summed E-state index contributed by atoms with van der Waals surface area (Å²) in [7, 11) is -2.53. The third kappa shape index (κ3) is 6.63. The topological polar surface area (TPSA) is 81.7 Å². The first-order valence-electron chi connectivity index (χ1n) is 9.20. The van der Waals surface area contributed by atoms with Crippen molar-refractivity contribution in [1.82, 2.24) is 5.32 Å². The monoisotopic (exact) mass is 505 g/mol. The molecule has 6 nitrogen and oxygen atoms in total. The van der Waals surface area contributed by atoms with Crippen molar-refractivity contribution in [3.8, 4) is 17.2 Å². The highest BCUT2D eigenvalue weighted by molar-refractivity contribution is 7.73. The number of allylic oxidation sites excluding steroid dienone is 4. The zero-order valence-corrected chi connectivity index (χ0v) is 17.5. The first kappa shape index (κ1) is 24.9. The average Bonchev–Trinajstić information content (AvgIpc) is 2.73. The molecule has 1 aliphatic rings. The molecule has 0 spiro atoms. The number of halogens is 6. The van der Waals surface area contributed by atoms with Gasteiger partial charge in [0.15, 0.2) is 0 Å². The number of benzene rings is 2. The van der Waals surface area contributed by atoms with E-state index < -0.39 is 45.8 Å². The fraction of sp³-hybridized carbons (Fsp3) is 0.143. The van der Waals surface area contributed by atoms with E-state index in [9.17, 15) is 39.6 Å². The Bertz CT molecular complexity index is 1280. The van der Waals surface area contributed by atoms with Crippen LogP contribution >= 0.6 is 0 Å². The maximum Gasteiger partial charge on any atom is 0.573 e. The summed E-state index contributed by atoms with van der Waals surface area (Å²) in [4.78, 5) is 12.7. The lowest BCUT2D eigenvalue weighted by molar-refractivity contribution is -0.274. The molecule has 3 rings (SSSR count). The van der Waals surface area contributed by atoms with Crippen LogP contribution in [0, 0.1) is 0 Å². The highest BCUT2D eigenvalue weighted by Gasteiger charge is 2.33.